The number of allylic oxidation sites excluding steroid dienone is 2. The van der Waals surface area contributed by atoms with Gasteiger partial charge >= 0.3 is 10.2 Å². The topological polar surface area (TPSA) is 52.7 Å². The molecule has 0 bridgehead atoms. The summed E-state index contributed by atoms with van der Waals surface area (Å²) in [5, 5.41) is 0. The molecule has 0 aliphatic carbocycles. The molecule has 0 saturated carbocycles. The number of rotatable bonds is 2. The molecule has 5 nitrogen and oxygen atoms in total. The maximum Gasteiger partial charge on any atom is 0.320 e. The molecule has 0 aromatic heterocycles. The zero-order chi connectivity index (χ0) is 9.19. The van der Waals surface area contributed by atoms with Gasteiger partial charge in [-0.15, -0.1) is 0 Å². The summed E-state index contributed by atoms with van der Waals surface area (Å²) in [6.07, 6.45) is 6.33. The van der Waals surface area contributed by atoms with E-state index in [-0.39, 0.29) is 0 Å². The van der Waals surface area contributed by atoms with Gasteiger partial charge in [-0.3, -0.25) is 5.43 Å². The Hall–Kier alpha value is -1.01. The van der Waals surface area contributed by atoms with Crippen molar-refractivity contribution in [1.29, 1.82) is 0 Å². The Morgan fingerprint density at radius 3 is 2.42 bits per heavy atom. The zero-order valence-corrected chi connectivity index (χ0v) is 7.75. The van der Waals surface area contributed by atoms with Crippen LogP contribution in [0.3, 0.4) is 0 Å². The quantitative estimate of drug-likeness (QED) is 0.645. The van der Waals surface area contributed by atoms with Crippen molar-refractivity contribution in [2.75, 3.05) is 14.1 Å². The molecule has 1 aliphatic heterocycles. The van der Waals surface area contributed by atoms with Gasteiger partial charge in [-0.1, -0.05) is 0 Å². The van der Waals surface area contributed by atoms with Gasteiger partial charge in [-0.2, -0.15) is 17.1 Å². The van der Waals surface area contributed by atoms with Gasteiger partial charge in [0.1, 0.15) is 0 Å². The summed E-state index contributed by atoms with van der Waals surface area (Å²) in [6, 6.07) is 0. The molecule has 1 aliphatic rings. The van der Waals surface area contributed by atoms with Crippen LogP contribution in [0, 0.1) is 0 Å². The second kappa shape index (κ2) is 3.16. The first-order chi connectivity index (χ1) is 5.55. The van der Waals surface area contributed by atoms with E-state index in [2.05, 4.69) is 5.43 Å². The molecule has 0 unspecified atom stereocenters. The lowest BCUT2D eigenvalue weighted by molar-refractivity contribution is 0.404. The first kappa shape index (κ1) is 9.08. The average Bonchev–Trinajstić information content (AvgIpc) is 2.06. The van der Waals surface area contributed by atoms with E-state index in [0.717, 1.165) is 8.72 Å². The summed E-state index contributed by atoms with van der Waals surface area (Å²) >= 11 is 0. The largest absolute Gasteiger partial charge is 0.320 e. The monoisotopic (exact) mass is 189 g/mol. The molecule has 0 amide bonds. The van der Waals surface area contributed by atoms with Crippen molar-refractivity contribution in [2.45, 2.75) is 0 Å². The zero-order valence-electron chi connectivity index (χ0n) is 6.93. The van der Waals surface area contributed by atoms with E-state index in [1.807, 2.05) is 0 Å². The molecule has 0 spiro atoms. The fraction of sp³-hybridized carbons (Fsp3) is 0.333. The molecular weight excluding hydrogens is 178 g/mol. The number of hydrazine groups is 1. The first-order valence-corrected chi connectivity index (χ1v) is 4.76. The van der Waals surface area contributed by atoms with E-state index in [9.17, 15) is 8.42 Å². The van der Waals surface area contributed by atoms with Crippen molar-refractivity contribution in [2.24, 2.45) is 0 Å². The third-order valence-electron chi connectivity index (χ3n) is 1.34. The fourth-order valence-electron chi connectivity index (χ4n) is 0.662. The normalized spacial score (nSPS) is 16.8. The van der Waals surface area contributed by atoms with Crippen molar-refractivity contribution in [3.05, 3.63) is 24.6 Å². The standard InChI is InChI=1S/C6H11N3O2S/c1-8(2)12(10,11)9-6-4-3-5-7-9/h3-7H,1-2H3. The van der Waals surface area contributed by atoms with Crippen molar-refractivity contribution >= 4 is 10.2 Å². The summed E-state index contributed by atoms with van der Waals surface area (Å²) in [5.74, 6) is 0. The van der Waals surface area contributed by atoms with Gasteiger partial charge in [0.2, 0.25) is 0 Å². The van der Waals surface area contributed by atoms with Gasteiger partial charge in [-0.25, -0.2) is 0 Å². The lowest BCUT2D eigenvalue weighted by Crippen LogP contribution is -2.43. The van der Waals surface area contributed by atoms with Gasteiger partial charge < -0.3 is 0 Å². The number of hydrogen-bond acceptors (Lipinski definition) is 3. The van der Waals surface area contributed by atoms with E-state index in [4.69, 9.17) is 0 Å². The fourth-order valence-corrected chi connectivity index (χ4v) is 1.43. The van der Waals surface area contributed by atoms with Crippen LogP contribution in [0.4, 0.5) is 0 Å². The lowest BCUT2D eigenvalue weighted by Gasteiger charge is -2.24. The number of hydrogen-bond donors (Lipinski definition) is 1. The molecular formula is C6H11N3O2S. The Morgan fingerprint density at radius 1 is 1.33 bits per heavy atom. The maximum absolute atomic E-state index is 11.4. The molecule has 0 fully saturated rings. The second-order valence-electron chi connectivity index (χ2n) is 2.42. The average molecular weight is 189 g/mol. The molecule has 0 saturated heterocycles. The molecule has 1 N–H and O–H groups in total. The van der Waals surface area contributed by atoms with Crippen molar-refractivity contribution in [3.63, 3.8) is 0 Å². The van der Waals surface area contributed by atoms with Crippen LogP contribution in [-0.4, -0.2) is 31.2 Å². The molecule has 1 heterocycles. The predicted molar refractivity (Wildman–Crippen MR) is 45.9 cm³/mol. The highest BCUT2D eigenvalue weighted by molar-refractivity contribution is 7.86. The SMILES string of the molecule is CN(C)S(=O)(=O)N1C=CC=CN1. The number of nitrogens with one attached hydrogen (secondary N) is 1. The van der Waals surface area contributed by atoms with Crippen molar-refractivity contribution < 1.29 is 8.42 Å². The highest BCUT2D eigenvalue weighted by Crippen LogP contribution is 2.03. The molecule has 0 aromatic carbocycles. The molecule has 0 atom stereocenters. The van der Waals surface area contributed by atoms with Crippen LogP contribution < -0.4 is 5.43 Å². The van der Waals surface area contributed by atoms with Crippen molar-refractivity contribution in [1.82, 2.24) is 14.1 Å². The summed E-state index contributed by atoms with van der Waals surface area (Å²) in [4.78, 5) is 0. The highest BCUT2D eigenvalue weighted by atomic mass is 32.2. The molecule has 6 heteroatoms. The van der Waals surface area contributed by atoms with Crippen molar-refractivity contribution in [3.8, 4) is 0 Å². The van der Waals surface area contributed by atoms with E-state index in [1.54, 1.807) is 18.4 Å². The smallest absolute Gasteiger partial charge is 0.291 e. The third-order valence-corrected chi connectivity index (χ3v) is 2.99. The maximum atomic E-state index is 11.4. The minimum atomic E-state index is -3.38. The van der Waals surface area contributed by atoms with E-state index < -0.39 is 10.2 Å². The third kappa shape index (κ3) is 1.59. The summed E-state index contributed by atoms with van der Waals surface area (Å²) in [5.41, 5.74) is 2.58. The summed E-state index contributed by atoms with van der Waals surface area (Å²) < 4.78 is 24.9. The molecule has 68 valence electrons. The van der Waals surface area contributed by atoms with Gasteiger partial charge in [0, 0.05) is 26.5 Å². The molecule has 0 radical (unpaired) electrons. The highest BCUT2D eigenvalue weighted by Gasteiger charge is 2.20. The van der Waals surface area contributed by atoms with Gasteiger partial charge in [0.05, 0.1) is 0 Å². The summed E-state index contributed by atoms with van der Waals surface area (Å²) in [7, 11) is -0.432. The van der Waals surface area contributed by atoms with Crippen LogP contribution in [0.5, 0.6) is 0 Å². The number of nitrogens with zero attached hydrogens (tertiary/aromatic N) is 2. The van der Waals surface area contributed by atoms with E-state index >= 15 is 0 Å². The Kier molecular flexibility index (Phi) is 2.39. The summed E-state index contributed by atoms with van der Waals surface area (Å²) in [6.45, 7) is 0. The Labute approximate surface area is 72.1 Å². The van der Waals surface area contributed by atoms with E-state index in [1.165, 1.54) is 20.3 Å². The first-order valence-electron chi connectivity index (χ1n) is 3.36. The molecule has 12 heavy (non-hydrogen) atoms. The van der Waals surface area contributed by atoms with E-state index in [0.29, 0.717) is 0 Å². The van der Waals surface area contributed by atoms with Crippen LogP contribution in [-0.2, 0) is 10.2 Å². The predicted octanol–water partition coefficient (Wildman–Crippen LogP) is -0.360. The van der Waals surface area contributed by atoms with Gasteiger partial charge in [0.25, 0.3) is 0 Å². The molecule has 1 rings (SSSR count). The second-order valence-corrected chi connectivity index (χ2v) is 4.44. The Balaban J connectivity index is 2.84. The minimum absolute atomic E-state index is 1.03. The molecule has 0 aromatic rings. The van der Waals surface area contributed by atoms with Gasteiger partial charge in [0.15, 0.2) is 0 Å². The van der Waals surface area contributed by atoms with Crippen LogP contribution >= 0.6 is 0 Å². The van der Waals surface area contributed by atoms with Crippen LogP contribution in [0.2, 0.25) is 0 Å². The van der Waals surface area contributed by atoms with Gasteiger partial charge in [-0.05, 0) is 12.2 Å². The Morgan fingerprint density at radius 2 is 2.00 bits per heavy atom. The van der Waals surface area contributed by atoms with Crippen LogP contribution in [0.25, 0.3) is 0 Å². The minimum Gasteiger partial charge on any atom is -0.291 e. The lowest BCUT2D eigenvalue weighted by atomic mass is 10.5. The van der Waals surface area contributed by atoms with Crippen LogP contribution in [0.1, 0.15) is 0 Å². The Bertz CT molecular complexity index is 305. The van der Waals surface area contributed by atoms with Crippen LogP contribution in [0.15, 0.2) is 24.6 Å².